The molecule has 1 spiro atoms. The van der Waals surface area contributed by atoms with E-state index < -0.39 is 29.5 Å². The zero-order chi connectivity index (χ0) is 46.3. The van der Waals surface area contributed by atoms with Crippen molar-refractivity contribution in [3.05, 3.63) is 121 Å². The molecule has 5 aromatic rings. The Kier molecular flexibility index (Phi) is 10.8. The SMILES string of the molecule is COc1ncc(C(=O)N2CCC3(CC2)CC(Oc2cccc4c2CN(C2CCC(=O)NC2=O)C4=O)C3)cc1-c1nc2c(n1C(C)C)[C@H](c1ccc(Cl)cc1)N(c1cc(Cl)cn(C)c1=O)C2=O. The number of aryl methyl sites for hydroxylation is 1. The van der Waals surface area contributed by atoms with Crippen LogP contribution in [0.2, 0.25) is 10.0 Å². The van der Waals surface area contributed by atoms with E-state index in [1.807, 2.05) is 41.5 Å². The molecule has 3 aromatic heterocycles. The van der Waals surface area contributed by atoms with Gasteiger partial charge in [0.15, 0.2) is 5.69 Å². The minimum absolute atomic E-state index is 0.0102. The number of methoxy groups -OCH3 is 1. The number of imidazole rings is 1. The zero-order valence-electron chi connectivity index (χ0n) is 36.7. The number of hydrogen-bond acceptors (Lipinski definition) is 10. The van der Waals surface area contributed by atoms with Gasteiger partial charge in [0, 0.05) is 61.1 Å². The molecule has 16 nitrogen and oxygen atoms in total. The lowest BCUT2D eigenvalue weighted by atomic mass is 9.61. The summed E-state index contributed by atoms with van der Waals surface area (Å²) in [6.45, 7) is 5.25. The van der Waals surface area contributed by atoms with Crippen molar-refractivity contribution < 1.29 is 33.4 Å². The van der Waals surface area contributed by atoms with Crippen LogP contribution in [-0.2, 0) is 23.2 Å². The van der Waals surface area contributed by atoms with E-state index >= 15 is 0 Å². The number of aromatic nitrogens is 4. The van der Waals surface area contributed by atoms with E-state index in [4.69, 9.17) is 37.7 Å². The predicted octanol–water partition coefficient (Wildman–Crippen LogP) is 6.51. The number of likely N-dealkylation sites (tertiary alicyclic amines) is 1. The van der Waals surface area contributed by atoms with Gasteiger partial charge in [-0.1, -0.05) is 41.4 Å². The third-order valence-electron chi connectivity index (χ3n) is 13.8. The van der Waals surface area contributed by atoms with Crippen LogP contribution in [0.5, 0.6) is 11.6 Å². The molecule has 18 heteroatoms. The van der Waals surface area contributed by atoms with E-state index in [1.54, 1.807) is 37.4 Å². The highest BCUT2D eigenvalue weighted by atomic mass is 35.5. The second-order valence-electron chi connectivity index (χ2n) is 18.1. The van der Waals surface area contributed by atoms with Crippen molar-refractivity contribution in [1.29, 1.82) is 0 Å². The number of fused-ring (bicyclic) bond motifs is 2. The molecule has 5 aliphatic rings. The summed E-state index contributed by atoms with van der Waals surface area (Å²) in [5.41, 5.74) is 3.13. The number of ether oxygens (including phenoxy) is 2. The Morgan fingerprint density at radius 2 is 1.68 bits per heavy atom. The Morgan fingerprint density at radius 3 is 2.38 bits per heavy atom. The van der Waals surface area contributed by atoms with Crippen LogP contribution in [0.3, 0.4) is 0 Å². The average Bonchev–Trinajstić information content (AvgIpc) is 3.93. The van der Waals surface area contributed by atoms with Crippen molar-refractivity contribution in [2.75, 3.05) is 25.1 Å². The number of imide groups is 1. The summed E-state index contributed by atoms with van der Waals surface area (Å²) in [5.74, 6) is -0.467. The number of halogens is 2. The third-order valence-corrected chi connectivity index (χ3v) is 14.2. The van der Waals surface area contributed by atoms with Crippen LogP contribution in [0.15, 0.2) is 71.8 Å². The number of anilines is 1. The molecule has 2 aromatic carbocycles. The molecule has 2 saturated heterocycles. The number of carbonyl (C=O) groups is 5. The highest BCUT2D eigenvalue weighted by molar-refractivity contribution is 6.31. The summed E-state index contributed by atoms with van der Waals surface area (Å²) >= 11 is 12.8. The van der Waals surface area contributed by atoms with E-state index in [2.05, 4.69) is 10.3 Å². The highest BCUT2D eigenvalue weighted by Gasteiger charge is 2.49. The molecule has 4 aliphatic heterocycles. The minimum atomic E-state index is -0.784. The van der Waals surface area contributed by atoms with Crippen molar-refractivity contribution in [3.63, 3.8) is 0 Å². The van der Waals surface area contributed by atoms with Crippen LogP contribution in [0.25, 0.3) is 11.4 Å². The lowest BCUT2D eigenvalue weighted by Crippen LogP contribution is -2.52. The van der Waals surface area contributed by atoms with Crippen LogP contribution < -0.4 is 25.2 Å². The summed E-state index contributed by atoms with van der Waals surface area (Å²) in [6, 6.07) is 14.0. The molecule has 1 unspecified atom stereocenters. The molecule has 1 aliphatic carbocycles. The quantitative estimate of drug-likeness (QED) is 0.160. The van der Waals surface area contributed by atoms with Gasteiger partial charge >= 0.3 is 0 Å². The van der Waals surface area contributed by atoms with E-state index in [1.165, 1.54) is 39.9 Å². The normalized spacial score (nSPS) is 20.2. The topological polar surface area (TPSA) is 178 Å². The van der Waals surface area contributed by atoms with Gasteiger partial charge < -0.3 is 28.4 Å². The van der Waals surface area contributed by atoms with Gasteiger partial charge in [0.1, 0.15) is 29.3 Å². The second kappa shape index (κ2) is 16.4. The Balaban J connectivity index is 0.869. The first-order chi connectivity index (χ1) is 31.6. The van der Waals surface area contributed by atoms with Gasteiger partial charge in [-0.3, -0.25) is 39.0 Å². The molecule has 10 rings (SSSR count). The molecular weight excluding hydrogens is 887 g/mol. The number of benzene rings is 2. The first-order valence-electron chi connectivity index (χ1n) is 22.0. The number of rotatable bonds is 9. The molecule has 3 fully saturated rings. The molecule has 340 valence electrons. The van der Waals surface area contributed by atoms with E-state index in [-0.39, 0.29) is 77.0 Å². The fourth-order valence-electron chi connectivity index (χ4n) is 10.5. The molecular formula is C48H46Cl2N8O8. The molecule has 2 atom stereocenters. The third kappa shape index (κ3) is 7.21. The first-order valence-corrected chi connectivity index (χ1v) is 22.7. The number of amides is 5. The molecule has 1 N–H and O–H groups in total. The van der Waals surface area contributed by atoms with Crippen molar-refractivity contribution in [1.82, 2.24) is 34.2 Å². The predicted molar refractivity (Wildman–Crippen MR) is 243 cm³/mol. The maximum Gasteiger partial charge on any atom is 0.279 e. The van der Waals surface area contributed by atoms with Crippen LogP contribution in [0.4, 0.5) is 5.69 Å². The standard InChI is InChI=1S/C48H46Cl2N8O8/c1-25(2)57-40-38(47(64)58(35-19-29(50)23-54(3)46(35)63)39(40)26-8-10-28(49)11-9-26)53-41(57)32-18-27(22-51-43(32)65-4)44(61)55-16-14-48(15-17-55)20-30(21-48)66-36-7-5-6-31-33(36)24-56(45(31)62)34-12-13-37(59)52-42(34)60/h5-11,18-19,22-23,25,30,34,39H,12-17,20-21,24H2,1-4H3,(H,52,59,60)/t34?,39-/m0/s1. The Bertz CT molecular complexity index is 2930. The number of nitrogens with one attached hydrogen (secondary N) is 1. The summed E-state index contributed by atoms with van der Waals surface area (Å²) in [6.07, 6.45) is 6.58. The van der Waals surface area contributed by atoms with Crippen LogP contribution >= 0.6 is 23.2 Å². The van der Waals surface area contributed by atoms with Crippen molar-refractivity contribution in [3.8, 4) is 23.0 Å². The molecule has 5 amide bonds. The number of carbonyl (C=O) groups excluding carboxylic acids is 5. The molecule has 1 saturated carbocycles. The Morgan fingerprint density at radius 1 is 0.939 bits per heavy atom. The van der Waals surface area contributed by atoms with Gasteiger partial charge in [-0.15, -0.1) is 0 Å². The van der Waals surface area contributed by atoms with Gasteiger partial charge in [-0.2, -0.15) is 0 Å². The Labute approximate surface area is 389 Å². The van der Waals surface area contributed by atoms with Crippen LogP contribution in [0.1, 0.15) is 112 Å². The zero-order valence-corrected chi connectivity index (χ0v) is 38.2. The second-order valence-corrected chi connectivity index (χ2v) is 19.0. The van der Waals surface area contributed by atoms with E-state index in [9.17, 15) is 28.8 Å². The summed E-state index contributed by atoms with van der Waals surface area (Å²) in [7, 11) is 3.06. The van der Waals surface area contributed by atoms with Gasteiger partial charge in [-0.05, 0) is 93.3 Å². The Hall–Kier alpha value is -6.52. The smallest absolute Gasteiger partial charge is 0.279 e. The fraction of sp³-hybridized carbons (Fsp3) is 0.375. The maximum atomic E-state index is 14.6. The largest absolute Gasteiger partial charge is 0.490 e. The first kappa shape index (κ1) is 43.4. The lowest BCUT2D eigenvalue weighted by Gasteiger charge is -2.51. The van der Waals surface area contributed by atoms with Gasteiger partial charge in [0.2, 0.25) is 17.7 Å². The average molecular weight is 934 g/mol. The number of hydrogen-bond donors (Lipinski definition) is 1. The number of piperidine rings is 2. The molecule has 0 bridgehead atoms. The van der Waals surface area contributed by atoms with Crippen molar-refractivity contribution in [2.24, 2.45) is 12.5 Å². The lowest BCUT2D eigenvalue weighted by molar-refractivity contribution is -0.136. The van der Waals surface area contributed by atoms with Crippen LogP contribution in [0, 0.1) is 5.41 Å². The molecule has 0 radical (unpaired) electrons. The monoisotopic (exact) mass is 932 g/mol. The maximum absolute atomic E-state index is 14.6. The van der Waals surface area contributed by atoms with Gasteiger partial charge in [0.05, 0.1) is 41.6 Å². The van der Waals surface area contributed by atoms with Gasteiger partial charge in [-0.25, -0.2) is 9.97 Å². The summed E-state index contributed by atoms with van der Waals surface area (Å²) in [4.78, 5) is 94.5. The highest BCUT2D eigenvalue weighted by Crippen LogP contribution is 2.51. The molecule has 7 heterocycles. The van der Waals surface area contributed by atoms with Crippen LogP contribution in [-0.4, -0.2) is 90.8 Å². The van der Waals surface area contributed by atoms with Gasteiger partial charge in [0.25, 0.3) is 23.3 Å². The number of nitrogens with zero attached hydrogens (tertiary/aromatic N) is 7. The fourth-order valence-corrected chi connectivity index (χ4v) is 10.8. The minimum Gasteiger partial charge on any atom is -0.490 e. The van der Waals surface area contributed by atoms with Crippen molar-refractivity contribution >= 4 is 58.4 Å². The van der Waals surface area contributed by atoms with E-state index in [0.717, 1.165) is 31.2 Å². The van der Waals surface area contributed by atoms with E-state index in [0.29, 0.717) is 57.6 Å². The van der Waals surface area contributed by atoms with Crippen molar-refractivity contribution in [2.45, 2.75) is 83.1 Å². The summed E-state index contributed by atoms with van der Waals surface area (Å²) in [5, 5.41) is 3.14. The summed E-state index contributed by atoms with van der Waals surface area (Å²) < 4.78 is 15.5. The molecule has 66 heavy (non-hydrogen) atoms. The number of pyridine rings is 2.